The molecule has 0 aromatic heterocycles. The van der Waals surface area contributed by atoms with E-state index in [0.717, 1.165) is 23.0 Å². The average molecular weight is 633 g/mol. The third-order valence-corrected chi connectivity index (χ3v) is 7.17. The number of hydrogen-bond donors (Lipinski definition) is 0. The zero-order valence-corrected chi connectivity index (χ0v) is 26.2. The predicted molar refractivity (Wildman–Crippen MR) is 174 cm³/mol. The molecule has 0 aliphatic heterocycles. The van der Waals surface area contributed by atoms with Crippen LogP contribution in [-0.4, -0.2) is 44.8 Å². The van der Waals surface area contributed by atoms with Gasteiger partial charge in [0.15, 0.2) is 0 Å². The van der Waals surface area contributed by atoms with Gasteiger partial charge >= 0.3 is 5.97 Å². The lowest BCUT2D eigenvalue weighted by atomic mass is 10.1. The van der Waals surface area contributed by atoms with E-state index in [-0.39, 0.29) is 22.4 Å². The molecule has 0 saturated heterocycles. The monoisotopic (exact) mass is 632 g/mol. The minimum absolute atomic E-state index is 0.0845. The zero-order chi connectivity index (χ0) is 32.3. The van der Waals surface area contributed by atoms with Crippen LogP contribution in [0.5, 0.6) is 11.5 Å². The van der Waals surface area contributed by atoms with Crippen molar-refractivity contribution in [3.05, 3.63) is 81.9 Å². The number of esters is 1. The molecule has 0 heterocycles. The predicted octanol–water partition coefficient (Wildman–Crippen LogP) is 9.42. The van der Waals surface area contributed by atoms with Gasteiger partial charge < -0.3 is 19.1 Å². The normalized spacial score (nSPS) is 11.3. The number of benzene rings is 4. The Labute approximate surface area is 265 Å². The number of carbonyl (C=O) groups is 1. The lowest BCUT2D eigenvalue weighted by Gasteiger charge is -2.25. The Kier molecular flexibility index (Phi) is 11.4. The molecule has 0 radical (unpaired) electrons. The summed E-state index contributed by atoms with van der Waals surface area (Å²) in [6, 6.07) is 19.0. The number of rotatable bonds is 14. The van der Waals surface area contributed by atoms with Crippen LogP contribution in [0.25, 0.3) is 10.8 Å². The van der Waals surface area contributed by atoms with Crippen molar-refractivity contribution in [2.24, 2.45) is 20.5 Å². The van der Waals surface area contributed by atoms with Crippen LogP contribution in [0.15, 0.2) is 87.2 Å². The summed E-state index contributed by atoms with van der Waals surface area (Å²) >= 11 is 6.16. The number of halogens is 1. The number of nitro benzene ring substituents is 1. The van der Waals surface area contributed by atoms with Crippen molar-refractivity contribution in [2.75, 3.05) is 38.8 Å². The first kappa shape index (κ1) is 32.8. The molecule has 0 fully saturated rings. The third kappa shape index (κ3) is 8.09. The fourth-order valence-electron chi connectivity index (χ4n) is 4.65. The molecular formula is C32H33ClN6O6. The molecule has 4 aromatic carbocycles. The largest absolute Gasteiger partial charge is 0.494 e. The molecule has 234 valence electrons. The summed E-state index contributed by atoms with van der Waals surface area (Å²) in [6.07, 6.45) is 1.05. The molecule has 0 spiro atoms. The molecule has 0 aliphatic rings. The number of nitro groups is 1. The molecule has 13 heteroatoms. The van der Waals surface area contributed by atoms with E-state index in [4.69, 9.17) is 25.8 Å². The Balaban J connectivity index is 1.61. The van der Waals surface area contributed by atoms with Crippen molar-refractivity contribution in [3.63, 3.8) is 0 Å². The van der Waals surface area contributed by atoms with Crippen LogP contribution in [0.2, 0.25) is 5.02 Å². The summed E-state index contributed by atoms with van der Waals surface area (Å²) in [4.78, 5) is 24.5. The number of hydrogen-bond acceptors (Lipinski definition) is 11. The summed E-state index contributed by atoms with van der Waals surface area (Å²) in [5.74, 6) is 0.544. The second-order valence-electron chi connectivity index (χ2n) is 9.63. The van der Waals surface area contributed by atoms with E-state index in [1.807, 2.05) is 36.4 Å². The fourth-order valence-corrected chi connectivity index (χ4v) is 4.87. The highest BCUT2D eigenvalue weighted by Crippen LogP contribution is 2.42. The molecule has 0 aliphatic carbocycles. The Morgan fingerprint density at radius 2 is 1.44 bits per heavy atom. The molecule has 0 amide bonds. The number of azo groups is 2. The fraction of sp³-hybridized carbons (Fsp3) is 0.281. The van der Waals surface area contributed by atoms with Gasteiger partial charge in [0, 0.05) is 60.2 Å². The Morgan fingerprint density at radius 1 is 0.844 bits per heavy atom. The lowest BCUT2D eigenvalue weighted by molar-refractivity contribution is -0.384. The van der Waals surface area contributed by atoms with Crippen LogP contribution in [0, 0.1) is 10.1 Å². The summed E-state index contributed by atoms with van der Waals surface area (Å²) in [6.45, 7) is 5.74. The van der Waals surface area contributed by atoms with Crippen molar-refractivity contribution in [2.45, 2.75) is 26.7 Å². The Hall–Kier alpha value is -5.10. The van der Waals surface area contributed by atoms with Crippen molar-refractivity contribution < 1.29 is 23.9 Å². The van der Waals surface area contributed by atoms with Gasteiger partial charge in [-0.3, -0.25) is 14.9 Å². The standard InChI is InChI=1S/C32H33ClN6O6/c1-5-38(17-9-12-32(40)45-6-2)29-16-15-25(22-10-7-8-11-23(22)29)34-36-27-19-31(44-4)28(20-30(27)43-3)37-35-26-14-13-21(39(41)42)18-24(26)33/h7-8,10-11,13-16,18-20H,5-6,9,12,17H2,1-4H3. The van der Waals surface area contributed by atoms with E-state index >= 15 is 0 Å². The molecule has 12 nitrogen and oxygen atoms in total. The average Bonchev–Trinajstić information content (AvgIpc) is 3.05. The number of non-ortho nitro benzene ring substituents is 1. The van der Waals surface area contributed by atoms with Crippen LogP contribution in [0.4, 0.5) is 34.1 Å². The van der Waals surface area contributed by atoms with Gasteiger partial charge in [-0.1, -0.05) is 35.9 Å². The first-order chi connectivity index (χ1) is 21.8. The molecule has 45 heavy (non-hydrogen) atoms. The molecule has 0 saturated carbocycles. The van der Waals surface area contributed by atoms with E-state index in [9.17, 15) is 14.9 Å². The highest BCUT2D eigenvalue weighted by molar-refractivity contribution is 6.33. The van der Waals surface area contributed by atoms with Gasteiger partial charge in [-0.25, -0.2) is 0 Å². The quantitative estimate of drug-likeness (QED) is 0.0583. The van der Waals surface area contributed by atoms with Crippen molar-refractivity contribution in [1.29, 1.82) is 0 Å². The van der Waals surface area contributed by atoms with Gasteiger partial charge in [0.2, 0.25) is 0 Å². The Morgan fingerprint density at radius 3 is 2.02 bits per heavy atom. The maximum absolute atomic E-state index is 11.8. The number of fused-ring (bicyclic) bond motifs is 1. The topological polar surface area (TPSA) is 141 Å². The summed E-state index contributed by atoms with van der Waals surface area (Å²) in [5.41, 5.74) is 2.55. The second kappa shape index (κ2) is 15.6. The second-order valence-corrected chi connectivity index (χ2v) is 10.0. The zero-order valence-electron chi connectivity index (χ0n) is 25.4. The van der Waals surface area contributed by atoms with E-state index < -0.39 is 4.92 Å². The van der Waals surface area contributed by atoms with Gasteiger partial charge in [0.25, 0.3) is 5.69 Å². The summed E-state index contributed by atoms with van der Waals surface area (Å²) < 4.78 is 16.2. The first-order valence-corrected chi connectivity index (χ1v) is 14.6. The molecule has 0 N–H and O–H groups in total. The molecule has 0 atom stereocenters. The van der Waals surface area contributed by atoms with E-state index in [2.05, 4.69) is 32.3 Å². The summed E-state index contributed by atoms with van der Waals surface area (Å²) in [7, 11) is 2.99. The number of carbonyl (C=O) groups excluding carboxylic acids is 1. The lowest BCUT2D eigenvalue weighted by Crippen LogP contribution is -2.24. The number of methoxy groups -OCH3 is 2. The molecule has 0 bridgehead atoms. The molecule has 0 unspecified atom stereocenters. The van der Waals surface area contributed by atoms with Gasteiger partial charge in [-0.05, 0) is 38.5 Å². The van der Waals surface area contributed by atoms with Crippen molar-refractivity contribution in [3.8, 4) is 11.5 Å². The van der Waals surface area contributed by atoms with Crippen LogP contribution >= 0.6 is 11.6 Å². The van der Waals surface area contributed by atoms with E-state index in [1.54, 1.807) is 19.1 Å². The van der Waals surface area contributed by atoms with Gasteiger partial charge in [0.05, 0.1) is 36.5 Å². The minimum Gasteiger partial charge on any atom is -0.494 e. The Bertz CT molecular complexity index is 1750. The minimum atomic E-state index is -0.540. The SMILES string of the molecule is CCOC(=O)CCCN(CC)c1ccc(N=Nc2cc(OC)c(N=Nc3ccc([N+](=O)[O-])cc3Cl)cc2OC)c2ccccc12. The maximum Gasteiger partial charge on any atom is 0.305 e. The van der Waals surface area contributed by atoms with E-state index in [0.29, 0.717) is 54.6 Å². The number of anilines is 1. The van der Waals surface area contributed by atoms with Crippen LogP contribution in [0.1, 0.15) is 26.7 Å². The molecular weight excluding hydrogens is 600 g/mol. The first-order valence-electron chi connectivity index (χ1n) is 14.2. The van der Waals surface area contributed by atoms with Crippen molar-refractivity contribution >= 4 is 62.5 Å². The van der Waals surface area contributed by atoms with Gasteiger partial charge in [-0.2, -0.15) is 0 Å². The summed E-state index contributed by atoms with van der Waals surface area (Å²) in [5, 5.41) is 30.4. The molecule has 4 aromatic rings. The van der Waals surface area contributed by atoms with E-state index in [1.165, 1.54) is 32.4 Å². The molecule has 4 rings (SSSR count). The van der Waals surface area contributed by atoms with Crippen LogP contribution < -0.4 is 14.4 Å². The third-order valence-electron chi connectivity index (χ3n) is 6.87. The van der Waals surface area contributed by atoms with Gasteiger partial charge in [-0.15, -0.1) is 20.5 Å². The van der Waals surface area contributed by atoms with Crippen molar-refractivity contribution in [1.82, 2.24) is 0 Å². The smallest absolute Gasteiger partial charge is 0.305 e. The van der Waals surface area contributed by atoms with Crippen LogP contribution in [0.3, 0.4) is 0 Å². The highest BCUT2D eigenvalue weighted by Gasteiger charge is 2.15. The van der Waals surface area contributed by atoms with Crippen LogP contribution in [-0.2, 0) is 9.53 Å². The maximum atomic E-state index is 11.8. The number of ether oxygens (including phenoxy) is 3. The van der Waals surface area contributed by atoms with Gasteiger partial charge in [0.1, 0.15) is 28.6 Å². The number of nitrogens with zero attached hydrogens (tertiary/aromatic N) is 6. The highest BCUT2D eigenvalue weighted by atomic mass is 35.5.